The third kappa shape index (κ3) is 4.23. The van der Waals surface area contributed by atoms with E-state index in [1.807, 2.05) is 67.7 Å². The molecule has 0 bridgehead atoms. The largest absolute Gasteiger partial charge is 0.417 e. The Kier molecular flexibility index (Phi) is 5.74. The molecule has 0 radical (unpaired) electrons. The predicted octanol–water partition coefficient (Wildman–Crippen LogP) is 7.47. The number of hydrogen-bond donors (Lipinski definition) is 0. The third-order valence-corrected chi connectivity index (χ3v) is 6.07. The van der Waals surface area contributed by atoms with Crippen LogP contribution in [0.25, 0.3) is 34.3 Å². The zero-order valence-corrected chi connectivity index (χ0v) is 18.8. The Labute approximate surface area is 196 Å². The molecule has 0 aliphatic carbocycles. The van der Waals surface area contributed by atoms with Crippen molar-refractivity contribution in [2.24, 2.45) is 0 Å². The Bertz CT molecular complexity index is 1330. The first-order chi connectivity index (χ1) is 16.4. The predicted molar refractivity (Wildman–Crippen MR) is 131 cm³/mol. The van der Waals surface area contributed by atoms with E-state index in [1.165, 1.54) is 12.1 Å². The number of aromatic nitrogens is 2. The van der Waals surface area contributed by atoms with Gasteiger partial charge in [0.1, 0.15) is 11.6 Å². The molecule has 1 aliphatic heterocycles. The molecule has 1 aliphatic rings. The first-order valence-corrected chi connectivity index (χ1v) is 11.3. The Balaban J connectivity index is 1.58. The molecule has 4 aromatic rings. The number of hydrogen-bond acceptors (Lipinski definition) is 2. The summed E-state index contributed by atoms with van der Waals surface area (Å²) in [5.74, 6) is 0.985. The van der Waals surface area contributed by atoms with Crippen LogP contribution in [0.3, 0.4) is 0 Å². The van der Waals surface area contributed by atoms with Gasteiger partial charge in [-0.1, -0.05) is 60.7 Å². The average molecular weight is 460 g/mol. The SMILES string of the molecule is C/C=C/c1cccc(-c2ccc(-n3cc(N4CCC4)nc3-c3ccccc3C(F)(F)F)cc2)c1. The maximum Gasteiger partial charge on any atom is 0.417 e. The van der Waals surface area contributed by atoms with Crippen molar-refractivity contribution in [2.45, 2.75) is 19.5 Å². The van der Waals surface area contributed by atoms with Crippen molar-refractivity contribution >= 4 is 11.9 Å². The van der Waals surface area contributed by atoms with Gasteiger partial charge < -0.3 is 4.90 Å². The standard InChI is InChI=1S/C28H24F3N3/c1-2-7-20-8-5-9-22(18-20)21-12-14-23(15-13-21)34-19-26(33-16-6-17-33)32-27(34)24-10-3-4-11-25(24)28(29,30)31/h2-5,7-15,18-19H,6,16-17H2,1H3/b7-2+. The van der Waals surface area contributed by atoms with E-state index in [4.69, 9.17) is 0 Å². The van der Waals surface area contributed by atoms with Gasteiger partial charge >= 0.3 is 6.18 Å². The summed E-state index contributed by atoms with van der Waals surface area (Å²) in [5.41, 5.74) is 3.38. The number of benzene rings is 3. The van der Waals surface area contributed by atoms with Crippen LogP contribution in [0.4, 0.5) is 19.0 Å². The van der Waals surface area contributed by atoms with Crippen molar-refractivity contribution in [1.82, 2.24) is 9.55 Å². The molecule has 3 nitrogen and oxygen atoms in total. The van der Waals surface area contributed by atoms with Crippen LogP contribution in [0.15, 0.2) is 85.1 Å². The van der Waals surface area contributed by atoms with Crippen molar-refractivity contribution in [2.75, 3.05) is 18.0 Å². The lowest BCUT2D eigenvalue weighted by molar-refractivity contribution is -0.137. The van der Waals surface area contributed by atoms with Gasteiger partial charge in [-0.05, 0) is 54.3 Å². The van der Waals surface area contributed by atoms with E-state index >= 15 is 0 Å². The summed E-state index contributed by atoms with van der Waals surface area (Å²) in [7, 11) is 0. The number of nitrogens with zero attached hydrogens (tertiary/aromatic N) is 3. The molecule has 1 saturated heterocycles. The summed E-state index contributed by atoms with van der Waals surface area (Å²) in [6, 6.07) is 21.7. The lowest BCUT2D eigenvalue weighted by atomic mass is 10.0. The van der Waals surface area contributed by atoms with Gasteiger partial charge in [-0.2, -0.15) is 13.2 Å². The van der Waals surface area contributed by atoms with Crippen molar-refractivity contribution in [3.63, 3.8) is 0 Å². The normalized spacial score (nSPS) is 13.9. The first kappa shape index (κ1) is 22.0. The molecule has 34 heavy (non-hydrogen) atoms. The number of allylic oxidation sites excluding steroid dienone is 1. The highest BCUT2D eigenvalue weighted by molar-refractivity contribution is 5.70. The fourth-order valence-corrected chi connectivity index (χ4v) is 4.21. The molecule has 0 saturated carbocycles. The first-order valence-electron chi connectivity index (χ1n) is 11.3. The van der Waals surface area contributed by atoms with E-state index in [0.29, 0.717) is 5.82 Å². The fraction of sp³-hybridized carbons (Fsp3) is 0.179. The lowest BCUT2D eigenvalue weighted by Crippen LogP contribution is -2.37. The molecule has 0 atom stereocenters. The van der Waals surface area contributed by atoms with E-state index in [0.717, 1.165) is 48.0 Å². The Morgan fingerprint density at radius 2 is 1.65 bits per heavy atom. The number of imidazole rings is 1. The van der Waals surface area contributed by atoms with Gasteiger partial charge in [0.15, 0.2) is 0 Å². The molecule has 3 aromatic carbocycles. The van der Waals surface area contributed by atoms with Crippen LogP contribution in [0.1, 0.15) is 24.5 Å². The van der Waals surface area contributed by atoms with E-state index in [-0.39, 0.29) is 11.4 Å². The molecule has 1 fully saturated rings. The molecule has 5 rings (SSSR count). The van der Waals surface area contributed by atoms with Gasteiger partial charge in [0.2, 0.25) is 0 Å². The second kappa shape index (κ2) is 8.86. The molecular weight excluding hydrogens is 435 g/mol. The van der Waals surface area contributed by atoms with Crippen molar-refractivity contribution < 1.29 is 13.2 Å². The number of halogens is 3. The van der Waals surface area contributed by atoms with E-state index in [9.17, 15) is 13.2 Å². The highest BCUT2D eigenvalue weighted by Gasteiger charge is 2.35. The van der Waals surface area contributed by atoms with E-state index in [2.05, 4.69) is 16.0 Å². The topological polar surface area (TPSA) is 21.1 Å². The zero-order chi connectivity index (χ0) is 23.7. The second-order valence-corrected chi connectivity index (χ2v) is 8.35. The minimum absolute atomic E-state index is 0.0740. The maximum atomic E-state index is 13.8. The summed E-state index contributed by atoms with van der Waals surface area (Å²) in [6.07, 6.45) is 2.47. The van der Waals surface area contributed by atoms with Gasteiger partial charge in [0.25, 0.3) is 0 Å². The van der Waals surface area contributed by atoms with E-state index in [1.54, 1.807) is 10.6 Å². The van der Waals surface area contributed by atoms with Crippen LogP contribution in [0, 0.1) is 0 Å². The van der Waals surface area contributed by atoms with Crippen LogP contribution in [-0.2, 0) is 6.18 Å². The summed E-state index contributed by atoms with van der Waals surface area (Å²) >= 11 is 0. The number of anilines is 1. The van der Waals surface area contributed by atoms with Crippen LogP contribution < -0.4 is 4.90 Å². The smallest absolute Gasteiger partial charge is 0.355 e. The summed E-state index contributed by atoms with van der Waals surface area (Å²) in [5, 5.41) is 0. The summed E-state index contributed by atoms with van der Waals surface area (Å²) in [6.45, 7) is 3.70. The Morgan fingerprint density at radius 1 is 0.882 bits per heavy atom. The van der Waals surface area contributed by atoms with Gasteiger partial charge in [-0.15, -0.1) is 0 Å². The number of rotatable bonds is 5. The summed E-state index contributed by atoms with van der Waals surface area (Å²) in [4.78, 5) is 6.73. The van der Waals surface area contributed by atoms with Gasteiger partial charge in [-0.3, -0.25) is 4.57 Å². The van der Waals surface area contributed by atoms with Crippen molar-refractivity contribution in [1.29, 1.82) is 0 Å². The summed E-state index contributed by atoms with van der Waals surface area (Å²) < 4.78 is 43.1. The molecule has 0 unspecified atom stereocenters. The molecule has 172 valence electrons. The van der Waals surface area contributed by atoms with Crippen molar-refractivity contribution in [3.8, 4) is 28.2 Å². The molecular formula is C28H24F3N3. The molecule has 6 heteroatoms. The Morgan fingerprint density at radius 3 is 2.32 bits per heavy atom. The quantitative estimate of drug-likeness (QED) is 0.309. The number of alkyl halides is 3. The lowest BCUT2D eigenvalue weighted by Gasteiger charge is -2.30. The molecule has 0 N–H and O–H groups in total. The van der Waals surface area contributed by atoms with Crippen LogP contribution in [0.2, 0.25) is 0 Å². The highest BCUT2D eigenvalue weighted by atomic mass is 19.4. The van der Waals surface area contributed by atoms with E-state index < -0.39 is 11.7 Å². The third-order valence-electron chi connectivity index (χ3n) is 6.07. The fourth-order valence-electron chi connectivity index (χ4n) is 4.21. The maximum absolute atomic E-state index is 13.8. The molecule has 0 amide bonds. The molecule has 1 aromatic heterocycles. The molecule has 2 heterocycles. The Hall–Kier alpha value is -3.80. The second-order valence-electron chi connectivity index (χ2n) is 8.35. The molecule has 0 spiro atoms. The zero-order valence-electron chi connectivity index (χ0n) is 18.8. The monoisotopic (exact) mass is 459 g/mol. The van der Waals surface area contributed by atoms with Crippen molar-refractivity contribution in [3.05, 3.63) is 96.2 Å². The highest BCUT2D eigenvalue weighted by Crippen LogP contribution is 2.38. The van der Waals surface area contributed by atoms with Gasteiger partial charge in [-0.25, -0.2) is 4.98 Å². The minimum atomic E-state index is -4.47. The average Bonchev–Trinajstić information content (AvgIpc) is 3.22. The minimum Gasteiger partial charge on any atom is -0.355 e. The van der Waals surface area contributed by atoms with Gasteiger partial charge in [0, 0.05) is 24.3 Å². The van der Waals surface area contributed by atoms with Crippen LogP contribution >= 0.6 is 0 Å². The van der Waals surface area contributed by atoms with Gasteiger partial charge in [0.05, 0.1) is 11.8 Å². The van der Waals surface area contributed by atoms with Crippen LogP contribution in [-0.4, -0.2) is 22.6 Å². The van der Waals surface area contributed by atoms with Crippen LogP contribution in [0.5, 0.6) is 0 Å².